The summed E-state index contributed by atoms with van der Waals surface area (Å²) in [7, 11) is 0. The Bertz CT molecular complexity index is 539. The van der Waals surface area contributed by atoms with E-state index in [9.17, 15) is 0 Å². The molecule has 0 atom stereocenters. The lowest BCUT2D eigenvalue weighted by Crippen LogP contribution is -2.05. The van der Waals surface area contributed by atoms with E-state index in [1.54, 1.807) is 11.1 Å². The topological polar surface area (TPSA) is 0 Å². The van der Waals surface area contributed by atoms with Gasteiger partial charge in [-0.25, -0.2) is 0 Å². The summed E-state index contributed by atoms with van der Waals surface area (Å²) in [5.41, 5.74) is 7.71. The van der Waals surface area contributed by atoms with Gasteiger partial charge in [-0.2, -0.15) is 0 Å². The van der Waals surface area contributed by atoms with Crippen LogP contribution >= 0.6 is 0 Å². The van der Waals surface area contributed by atoms with Crippen LogP contribution in [0.3, 0.4) is 0 Å². The van der Waals surface area contributed by atoms with Gasteiger partial charge in [-0.1, -0.05) is 66.3 Å². The maximum atomic E-state index is 2.48. The van der Waals surface area contributed by atoms with Crippen molar-refractivity contribution in [3.8, 4) is 0 Å². The van der Waals surface area contributed by atoms with E-state index in [1.165, 1.54) is 55.2 Å². The summed E-state index contributed by atoms with van der Waals surface area (Å²) in [5.74, 6) is 0.821. The van der Waals surface area contributed by atoms with Crippen molar-refractivity contribution in [1.29, 1.82) is 0 Å². The van der Waals surface area contributed by atoms with Crippen molar-refractivity contribution in [2.45, 2.75) is 64.7 Å². The van der Waals surface area contributed by atoms with Crippen molar-refractivity contribution in [1.82, 2.24) is 0 Å². The quantitative estimate of drug-likeness (QED) is 0.634. The Morgan fingerprint density at radius 3 is 2.55 bits per heavy atom. The minimum Gasteiger partial charge on any atom is -0.0690 e. The first-order valence-corrected chi connectivity index (χ1v) is 8.17. The minimum atomic E-state index is 0.821. The molecule has 0 saturated heterocycles. The molecule has 0 amide bonds. The van der Waals surface area contributed by atoms with Crippen LogP contribution < -0.4 is 0 Å². The Labute approximate surface area is 123 Å². The number of benzene rings is 1. The summed E-state index contributed by atoms with van der Waals surface area (Å²) in [6.45, 7) is 4.51. The van der Waals surface area contributed by atoms with E-state index in [2.05, 4.69) is 44.2 Å². The molecule has 0 heteroatoms. The third-order valence-corrected chi connectivity index (χ3v) is 4.96. The lowest BCUT2D eigenvalue weighted by Gasteiger charge is -2.22. The van der Waals surface area contributed by atoms with E-state index >= 15 is 0 Å². The second-order valence-corrected chi connectivity index (χ2v) is 6.71. The zero-order chi connectivity index (χ0) is 13.9. The van der Waals surface area contributed by atoms with Crippen LogP contribution in [-0.2, 0) is 6.42 Å². The van der Waals surface area contributed by atoms with Gasteiger partial charge in [0.25, 0.3) is 0 Å². The van der Waals surface area contributed by atoms with Gasteiger partial charge in [0.1, 0.15) is 0 Å². The molecule has 0 aromatic heterocycles. The molecule has 20 heavy (non-hydrogen) atoms. The van der Waals surface area contributed by atoms with Crippen molar-refractivity contribution in [2.75, 3.05) is 0 Å². The molecule has 0 nitrogen and oxygen atoms in total. The molecule has 1 saturated carbocycles. The summed E-state index contributed by atoms with van der Waals surface area (Å²) in [5, 5.41) is 0. The van der Waals surface area contributed by atoms with Crippen molar-refractivity contribution in [2.24, 2.45) is 0 Å². The van der Waals surface area contributed by atoms with Crippen LogP contribution in [0, 0.1) is 0 Å². The van der Waals surface area contributed by atoms with Crippen LogP contribution in [0.5, 0.6) is 0 Å². The molecule has 106 valence electrons. The fraction of sp³-hybridized carbons (Fsp3) is 0.500. The van der Waals surface area contributed by atoms with Crippen LogP contribution in [0.1, 0.15) is 69.4 Å². The smallest absolute Gasteiger partial charge is 0.00581 e. The van der Waals surface area contributed by atoms with Gasteiger partial charge in [-0.05, 0) is 56.6 Å². The van der Waals surface area contributed by atoms with Crippen LogP contribution in [0.15, 0.2) is 47.1 Å². The van der Waals surface area contributed by atoms with Crippen molar-refractivity contribution in [3.63, 3.8) is 0 Å². The van der Waals surface area contributed by atoms with Gasteiger partial charge in [0.2, 0.25) is 0 Å². The van der Waals surface area contributed by atoms with Gasteiger partial charge in [0, 0.05) is 0 Å². The van der Waals surface area contributed by atoms with Crippen molar-refractivity contribution in [3.05, 3.63) is 58.2 Å². The maximum Gasteiger partial charge on any atom is -0.00581 e. The molecule has 0 radical (unpaired) electrons. The first-order valence-electron chi connectivity index (χ1n) is 8.17. The van der Waals surface area contributed by atoms with Crippen LogP contribution in [0.25, 0.3) is 0 Å². The molecule has 0 spiro atoms. The molecular formula is C20H26. The number of rotatable bonds is 3. The van der Waals surface area contributed by atoms with Gasteiger partial charge in [-0.15, -0.1) is 0 Å². The highest BCUT2D eigenvalue weighted by molar-refractivity contribution is 5.40. The predicted molar refractivity (Wildman–Crippen MR) is 87.0 cm³/mol. The lowest BCUT2D eigenvalue weighted by atomic mass is 9.83. The van der Waals surface area contributed by atoms with E-state index in [0.29, 0.717) is 0 Å². The monoisotopic (exact) mass is 266 g/mol. The van der Waals surface area contributed by atoms with E-state index in [0.717, 1.165) is 12.3 Å². The normalized spacial score (nSPS) is 20.4. The molecule has 1 fully saturated rings. The van der Waals surface area contributed by atoms with Gasteiger partial charge >= 0.3 is 0 Å². The van der Waals surface area contributed by atoms with Crippen LogP contribution in [-0.4, -0.2) is 0 Å². The highest BCUT2D eigenvalue weighted by Crippen LogP contribution is 2.34. The summed E-state index contributed by atoms with van der Waals surface area (Å²) >= 11 is 0. The van der Waals surface area contributed by atoms with E-state index < -0.39 is 0 Å². The predicted octanol–water partition coefficient (Wildman–Crippen LogP) is 5.94. The molecule has 1 aromatic rings. The number of hydrogen-bond acceptors (Lipinski definition) is 0. The average molecular weight is 266 g/mol. The summed E-state index contributed by atoms with van der Waals surface area (Å²) in [6, 6.07) is 9.40. The van der Waals surface area contributed by atoms with Gasteiger partial charge in [0.15, 0.2) is 0 Å². The fourth-order valence-corrected chi connectivity index (χ4v) is 3.84. The Hall–Kier alpha value is -1.30. The highest BCUT2D eigenvalue weighted by Gasteiger charge is 2.16. The second-order valence-electron chi connectivity index (χ2n) is 6.71. The standard InChI is InChI=1S/C20H26/c1-15-11-16(2)20(12-15)14-17-7-6-10-19(13-17)18-8-4-3-5-9-18/h6-7,10-11,13,18H,3-5,8-9,12,14H2,1-2H3. The summed E-state index contributed by atoms with van der Waals surface area (Å²) < 4.78 is 0. The van der Waals surface area contributed by atoms with Gasteiger partial charge in [-0.3, -0.25) is 0 Å². The fourth-order valence-electron chi connectivity index (χ4n) is 3.84. The average Bonchev–Trinajstić information content (AvgIpc) is 2.78. The molecule has 2 aliphatic carbocycles. The van der Waals surface area contributed by atoms with Crippen molar-refractivity contribution >= 4 is 0 Å². The van der Waals surface area contributed by atoms with Crippen LogP contribution in [0.4, 0.5) is 0 Å². The molecule has 0 N–H and O–H groups in total. The molecule has 3 rings (SSSR count). The second kappa shape index (κ2) is 5.99. The SMILES string of the molecule is CC1=CC(C)=C(Cc2cccc(C3CCCCC3)c2)C1. The third-order valence-electron chi connectivity index (χ3n) is 4.96. The zero-order valence-electron chi connectivity index (χ0n) is 12.9. The van der Waals surface area contributed by atoms with Gasteiger partial charge < -0.3 is 0 Å². The largest absolute Gasteiger partial charge is 0.0690 e. The lowest BCUT2D eigenvalue weighted by molar-refractivity contribution is 0.443. The summed E-state index contributed by atoms with van der Waals surface area (Å²) in [4.78, 5) is 0. The first kappa shape index (κ1) is 13.7. The minimum absolute atomic E-state index is 0.821. The Kier molecular flexibility index (Phi) is 4.10. The molecule has 1 aromatic carbocycles. The molecule has 0 bridgehead atoms. The van der Waals surface area contributed by atoms with E-state index in [-0.39, 0.29) is 0 Å². The van der Waals surface area contributed by atoms with E-state index in [1.807, 2.05) is 0 Å². The Morgan fingerprint density at radius 2 is 1.85 bits per heavy atom. The molecule has 0 heterocycles. The van der Waals surface area contributed by atoms with Crippen LogP contribution in [0.2, 0.25) is 0 Å². The first-order chi connectivity index (χ1) is 9.72. The van der Waals surface area contributed by atoms with Gasteiger partial charge in [0.05, 0.1) is 0 Å². The molecule has 2 aliphatic rings. The van der Waals surface area contributed by atoms with E-state index in [4.69, 9.17) is 0 Å². The van der Waals surface area contributed by atoms with Crippen molar-refractivity contribution < 1.29 is 0 Å². The molecular weight excluding hydrogens is 240 g/mol. The Balaban J connectivity index is 1.73. The summed E-state index contributed by atoms with van der Waals surface area (Å²) in [6.07, 6.45) is 11.7. The number of hydrogen-bond donors (Lipinski definition) is 0. The molecule has 0 aliphatic heterocycles. The number of allylic oxidation sites excluding steroid dienone is 4. The Morgan fingerprint density at radius 1 is 1.05 bits per heavy atom. The third kappa shape index (κ3) is 3.06. The highest BCUT2D eigenvalue weighted by atomic mass is 14.2. The maximum absolute atomic E-state index is 2.48. The molecule has 0 unspecified atom stereocenters. The zero-order valence-corrected chi connectivity index (χ0v) is 12.9.